The van der Waals surface area contributed by atoms with Gasteiger partial charge in [-0.3, -0.25) is 4.79 Å². The number of ketones is 1. The van der Waals surface area contributed by atoms with Crippen LogP contribution >= 0.6 is 0 Å². The largest absolute Gasteiger partial charge is 0.507 e. The summed E-state index contributed by atoms with van der Waals surface area (Å²) in [4.78, 5) is 12.5. The van der Waals surface area contributed by atoms with Crippen LogP contribution in [0.1, 0.15) is 39.6 Å². The Balaban J connectivity index is 2.15. The highest BCUT2D eigenvalue weighted by Gasteiger charge is 2.34. The van der Waals surface area contributed by atoms with Crippen LogP contribution in [0.4, 0.5) is 0 Å². The number of carbonyl (C=O) groups excluding carboxylic acids is 1. The van der Waals surface area contributed by atoms with Gasteiger partial charge in [0.05, 0.1) is 25.7 Å². The number of aliphatic hydroxyl groups excluding tert-OH is 1. The number of Topliss-reactive ketones (excluding diaryl/α,β-unsaturated/α-hetero) is 1. The van der Waals surface area contributed by atoms with E-state index in [1.54, 1.807) is 6.92 Å². The summed E-state index contributed by atoms with van der Waals surface area (Å²) < 4.78 is 11.3. The number of benzene rings is 2. The maximum Gasteiger partial charge on any atom is 0.174 e. The number of aliphatic hydroxyl groups is 1. The van der Waals surface area contributed by atoms with Crippen LogP contribution in [0.15, 0.2) is 30.3 Å². The molecule has 23 heavy (non-hydrogen) atoms. The zero-order valence-corrected chi connectivity index (χ0v) is 13.0. The maximum absolute atomic E-state index is 12.5. The Kier molecular flexibility index (Phi) is 3.96. The van der Waals surface area contributed by atoms with E-state index in [0.29, 0.717) is 17.1 Å². The van der Waals surface area contributed by atoms with Crippen molar-refractivity contribution in [1.82, 2.24) is 0 Å². The molecule has 0 bridgehead atoms. The zero-order valence-electron chi connectivity index (χ0n) is 13.0. The van der Waals surface area contributed by atoms with Gasteiger partial charge in [-0.25, -0.2) is 0 Å². The van der Waals surface area contributed by atoms with E-state index >= 15 is 0 Å². The SMILES string of the molecule is COc1c(C)c2c(c(O)c1CO)C(=O)C[C@H](c1ccccc1)O2. The Hall–Kier alpha value is -2.53. The van der Waals surface area contributed by atoms with Crippen molar-refractivity contribution in [3.8, 4) is 17.2 Å². The Morgan fingerprint density at radius 2 is 2.00 bits per heavy atom. The monoisotopic (exact) mass is 314 g/mol. The smallest absolute Gasteiger partial charge is 0.174 e. The van der Waals surface area contributed by atoms with Gasteiger partial charge in [-0.1, -0.05) is 30.3 Å². The molecule has 1 aliphatic heterocycles. The Labute approximate surface area is 134 Å². The van der Waals surface area contributed by atoms with Crippen molar-refractivity contribution in [3.63, 3.8) is 0 Å². The van der Waals surface area contributed by atoms with Gasteiger partial charge in [0.15, 0.2) is 5.78 Å². The third kappa shape index (κ3) is 2.43. The molecule has 5 heteroatoms. The fourth-order valence-electron chi connectivity index (χ4n) is 3.02. The molecule has 0 fully saturated rings. The number of hydrogen-bond acceptors (Lipinski definition) is 5. The molecule has 0 amide bonds. The minimum Gasteiger partial charge on any atom is -0.507 e. The van der Waals surface area contributed by atoms with E-state index < -0.39 is 12.7 Å². The van der Waals surface area contributed by atoms with Gasteiger partial charge in [0.2, 0.25) is 0 Å². The topological polar surface area (TPSA) is 76.0 Å². The maximum atomic E-state index is 12.5. The molecule has 0 unspecified atom stereocenters. The van der Waals surface area contributed by atoms with Crippen LogP contribution < -0.4 is 9.47 Å². The lowest BCUT2D eigenvalue weighted by Crippen LogP contribution is -2.22. The first-order chi connectivity index (χ1) is 11.1. The summed E-state index contributed by atoms with van der Waals surface area (Å²) in [5.74, 6) is 0.187. The summed E-state index contributed by atoms with van der Waals surface area (Å²) in [6, 6.07) is 9.47. The normalized spacial score (nSPS) is 16.7. The second kappa shape index (κ2) is 5.93. The predicted octanol–water partition coefficient (Wildman–Crippen LogP) is 2.91. The van der Waals surface area contributed by atoms with E-state index in [1.165, 1.54) is 7.11 Å². The first kappa shape index (κ1) is 15.4. The minimum absolute atomic E-state index is 0.125. The summed E-state index contributed by atoms with van der Waals surface area (Å²) in [7, 11) is 1.45. The molecule has 0 saturated heterocycles. The molecule has 3 rings (SSSR count). The van der Waals surface area contributed by atoms with E-state index in [1.807, 2.05) is 30.3 Å². The second-order valence-corrected chi connectivity index (χ2v) is 5.49. The molecule has 1 heterocycles. The lowest BCUT2D eigenvalue weighted by atomic mass is 9.91. The summed E-state index contributed by atoms with van der Waals surface area (Å²) in [6.07, 6.45) is -0.264. The van der Waals surface area contributed by atoms with Crippen molar-refractivity contribution in [1.29, 1.82) is 0 Å². The van der Waals surface area contributed by atoms with Crippen molar-refractivity contribution in [2.24, 2.45) is 0 Å². The number of hydrogen-bond donors (Lipinski definition) is 2. The zero-order chi connectivity index (χ0) is 16.6. The molecule has 2 N–H and O–H groups in total. The van der Waals surface area contributed by atoms with Crippen molar-refractivity contribution < 1.29 is 24.5 Å². The second-order valence-electron chi connectivity index (χ2n) is 5.49. The fourth-order valence-corrected chi connectivity index (χ4v) is 3.02. The average Bonchev–Trinajstić information content (AvgIpc) is 2.57. The molecule has 0 radical (unpaired) electrons. The fraction of sp³-hybridized carbons (Fsp3) is 0.278. The van der Waals surface area contributed by atoms with Gasteiger partial charge < -0.3 is 19.7 Å². The number of fused-ring (bicyclic) bond motifs is 1. The van der Waals surface area contributed by atoms with E-state index in [0.717, 1.165) is 5.56 Å². The first-order valence-electron chi connectivity index (χ1n) is 7.36. The number of aromatic hydroxyl groups is 1. The quantitative estimate of drug-likeness (QED) is 0.911. The van der Waals surface area contributed by atoms with Crippen molar-refractivity contribution >= 4 is 5.78 Å². The van der Waals surface area contributed by atoms with Gasteiger partial charge in [-0.15, -0.1) is 0 Å². The highest BCUT2D eigenvalue weighted by Crippen LogP contribution is 2.47. The summed E-state index contributed by atoms with van der Waals surface area (Å²) in [5.41, 5.74) is 1.83. The summed E-state index contributed by atoms with van der Waals surface area (Å²) >= 11 is 0. The highest BCUT2D eigenvalue weighted by atomic mass is 16.5. The van der Waals surface area contributed by atoms with Gasteiger partial charge in [0, 0.05) is 5.56 Å². The molecule has 0 saturated carbocycles. The van der Waals surface area contributed by atoms with Crippen LogP contribution in [-0.4, -0.2) is 23.1 Å². The third-order valence-corrected chi connectivity index (χ3v) is 4.15. The molecule has 2 aromatic carbocycles. The van der Waals surface area contributed by atoms with Gasteiger partial charge in [-0.05, 0) is 12.5 Å². The highest BCUT2D eigenvalue weighted by molar-refractivity contribution is 6.03. The van der Waals surface area contributed by atoms with E-state index in [-0.39, 0.29) is 29.1 Å². The molecule has 1 atom stereocenters. The number of rotatable bonds is 3. The average molecular weight is 314 g/mol. The molecule has 5 nitrogen and oxygen atoms in total. The van der Waals surface area contributed by atoms with Gasteiger partial charge >= 0.3 is 0 Å². The van der Waals surface area contributed by atoms with Crippen LogP contribution in [0, 0.1) is 6.92 Å². The van der Waals surface area contributed by atoms with Crippen molar-refractivity contribution in [3.05, 3.63) is 52.6 Å². The van der Waals surface area contributed by atoms with Crippen molar-refractivity contribution in [2.45, 2.75) is 26.1 Å². The molecule has 120 valence electrons. The standard InChI is InChI=1S/C18H18O5/c1-10-17(22-2)12(9-19)16(21)15-13(20)8-14(23-18(10)15)11-6-4-3-5-7-11/h3-7,14,19,21H,8-9H2,1-2H3/t14-/m1/s1. The molecule has 1 aliphatic rings. The van der Waals surface area contributed by atoms with E-state index in [2.05, 4.69) is 0 Å². The minimum atomic E-state index is -0.418. The first-order valence-corrected chi connectivity index (χ1v) is 7.36. The predicted molar refractivity (Wildman–Crippen MR) is 84.1 cm³/mol. The molecule has 0 spiro atoms. The Morgan fingerprint density at radius 3 is 2.61 bits per heavy atom. The molecule has 0 aliphatic carbocycles. The lowest BCUT2D eigenvalue weighted by Gasteiger charge is -2.29. The van der Waals surface area contributed by atoms with Crippen LogP contribution in [0.3, 0.4) is 0 Å². The molecular weight excluding hydrogens is 296 g/mol. The van der Waals surface area contributed by atoms with Gasteiger partial charge in [0.25, 0.3) is 0 Å². The molecule has 0 aromatic heterocycles. The summed E-state index contributed by atoms with van der Waals surface area (Å²) in [5, 5.41) is 19.8. The third-order valence-electron chi connectivity index (χ3n) is 4.15. The van der Waals surface area contributed by atoms with Crippen molar-refractivity contribution in [2.75, 3.05) is 7.11 Å². The van der Waals surface area contributed by atoms with Gasteiger partial charge in [-0.2, -0.15) is 0 Å². The summed E-state index contributed by atoms with van der Waals surface area (Å²) in [6.45, 7) is 1.33. The Morgan fingerprint density at radius 1 is 1.30 bits per heavy atom. The van der Waals surface area contributed by atoms with Gasteiger partial charge in [0.1, 0.15) is 28.9 Å². The number of ether oxygens (including phenoxy) is 2. The molecule has 2 aromatic rings. The Bertz CT molecular complexity index is 752. The lowest BCUT2D eigenvalue weighted by molar-refractivity contribution is 0.0841. The number of methoxy groups -OCH3 is 1. The number of carbonyl (C=O) groups is 1. The van der Waals surface area contributed by atoms with E-state index in [4.69, 9.17) is 9.47 Å². The molecular formula is C18H18O5. The van der Waals surface area contributed by atoms with E-state index in [9.17, 15) is 15.0 Å². The number of phenols is 1. The van der Waals surface area contributed by atoms with Crippen LogP contribution in [0.2, 0.25) is 0 Å². The van der Waals surface area contributed by atoms with Crippen LogP contribution in [0.5, 0.6) is 17.2 Å². The van der Waals surface area contributed by atoms with Crippen LogP contribution in [0.25, 0.3) is 0 Å². The van der Waals surface area contributed by atoms with Crippen LogP contribution in [-0.2, 0) is 6.61 Å².